The van der Waals surface area contributed by atoms with Crippen LogP contribution in [-0.2, 0) is 14.3 Å². The fourth-order valence-corrected chi connectivity index (χ4v) is 2.60. The third-order valence-electron chi connectivity index (χ3n) is 4.22. The second kappa shape index (κ2) is 10.3. The molecule has 2 aromatic carbocycles. The van der Waals surface area contributed by atoms with E-state index in [4.69, 9.17) is 4.74 Å². The van der Waals surface area contributed by atoms with Gasteiger partial charge in [-0.1, -0.05) is 38.1 Å². The molecule has 7 nitrogen and oxygen atoms in total. The maximum Gasteiger partial charge on any atom is 0.329 e. The summed E-state index contributed by atoms with van der Waals surface area (Å²) in [6, 6.07) is 10.7. The molecule has 0 saturated heterocycles. The van der Waals surface area contributed by atoms with Gasteiger partial charge in [0.25, 0.3) is 11.8 Å². The molecule has 0 radical (unpaired) electrons. The molecule has 1 atom stereocenters. The van der Waals surface area contributed by atoms with Crippen LogP contribution in [0.4, 0.5) is 10.1 Å². The summed E-state index contributed by atoms with van der Waals surface area (Å²) in [6.07, 6.45) is 0. The van der Waals surface area contributed by atoms with Crippen LogP contribution in [0.2, 0.25) is 0 Å². The number of esters is 1. The Bertz CT molecular complexity index is 958. The standard InChI is InChI=1S/C22H23FN2O5/c1-13(2)20(25-21(28)17-9-4-5-10-18(17)23)22(29)30-12-19(27)24-16-8-6-7-15(11-16)14(3)26/h4-11,13,20H,12H2,1-3H3,(H,24,27)(H,25,28)/t20-/m0/s1. The van der Waals surface area contributed by atoms with Crippen LogP contribution in [0.1, 0.15) is 41.5 Å². The highest BCUT2D eigenvalue weighted by atomic mass is 19.1. The van der Waals surface area contributed by atoms with Crippen molar-refractivity contribution in [2.24, 2.45) is 5.92 Å². The third kappa shape index (κ3) is 6.23. The number of hydrogen-bond acceptors (Lipinski definition) is 5. The van der Waals surface area contributed by atoms with Crippen molar-refractivity contribution in [2.75, 3.05) is 11.9 Å². The molecule has 0 spiro atoms. The second-order valence-electron chi connectivity index (χ2n) is 6.97. The summed E-state index contributed by atoms with van der Waals surface area (Å²) in [5.74, 6) is -3.40. The molecule has 2 amide bonds. The van der Waals surface area contributed by atoms with Crippen molar-refractivity contribution in [3.63, 3.8) is 0 Å². The summed E-state index contributed by atoms with van der Waals surface area (Å²) in [6.45, 7) is 4.19. The molecule has 2 aromatic rings. The van der Waals surface area contributed by atoms with Crippen molar-refractivity contribution in [3.8, 4) is 0 Å². The predicted molar refractivity (Wildman–Crippen MR) is 109 cm³/mol. The molecule has 0 heterocycles. The lowest BCUT2D eigenvalue weighted by Crippen LogP contribution is -2.46. The van der Waals surface area contributed by atoms with Crippen LogP contribution in [0.15, 0.2) is 48.5 Å². The largest absolute Gasteiger partial charge is 0.454 e. The SMILES string of the molecule is CC(=O)c1cccc(NC(=O)COC(=O)[C@@H](NC(=O)c2ccccc2F)C(C)C)c1. The van der Waals surface area contributed by atoms with Gasteiger partial charge < -0.3 is 15.4 Å². The Hall–Kier alpha value is -3.55. The number of carbonyl (C=O) groups excluding carboxylic acids is 4. The smallest absolute Gasteiger partial charge is 0.329 e. The Morgan fingerprint density at radius 2 is 1.73 bits per heavy atom. The van der Waals surface area contributed by atoms with E-state index in [9.17, 15) is 23.6 Å². The lowest BCUT2D eigenvalue weighted by atomic mass is 10.0. The number of halogens is 1. The summed E-state index contributed by atoms with van der Waals surface area (Å²) in [5.41, 5.74) is 0.622. The Balaban J connectivity index is 1.96. The lowest BCUT2D eigenvalue weighted by Gasteiger charge is -2.21. The van der Waals surface area contributed by atoms with E-state index >= 15 is 0 Å². The first-order chi connectivity index (χ1) is 14.2. The maximum atomic E-state index is 13.8. The van der Waals surface area contributed by atoms with Crippen LogP contribution >= 0.6 is 0 Å². The summed E-state index contributed by atoms with van der Waals surface area (Å²) in [4.78, 5) is 48.1. The number of ether oxygens (including phenoxy) is 1. The van der Waals surface area contributed by atoms with Crippen LogP contribution in [0.3, 0.4) is 0 Å². The van der Waals surface area contributed by atoms with Gasteiger partial charge in [-0.15, -0.1) is 0 Å². The number of benzene rings is 2. The number of nitrogens with one attached hydrogen (secondary N) is 2. The highest BCUT2D eigenvalue weighted by molar-refractivity contribution is 5.99. The van der Waals surface area contributed by atoms with Crippen LogP contribution in [0, 0.1) is 11.7 Å². The van der Waals surface area contributed by atoms with Crippen molar-refractivity contribution in [1.82, 2.24) is 5.32 Å². The van der Waals surface area contributed by atoms with E-state index in [1.54, 1.807) is 32.0 Å². The second-order valence-corrected chi connectivity index (χ2v) is 6.97. The Morgan fingerprint density at radius 1 is 1.03 bits per heavy atom. The first-order valence-electron chi connectivity index (χ1n) is 9.32. The molecule has 30 heavy (non-hydrogen) atoms. The molecule has 158 valence electrons. The number of ketones is 1. The van der Waals surface area contributed by atoms with Crippen molar-refractivity contribution in [2.45, 2.75) is 26.8 Å². The topological polar surface area (TPSA) is 102 Å². The fraction of sp³-hybridized carbons (Fsp3) is 0.273. The number of rotatable bonds is 8. The summed E-state index contributed by atoms with van der Waals surface area (Å²) < 4.78 is 18.8. The minimum Gasteiger partial charge on any atom is -0.454 e. The van der Waals surface area contributed by atoms with Crippen molar-refractivity contribution < 1.29 is 28.3 Å². The Labute approximate surface area is 173 Å². The average Bonchev–Trinajstić information content (AvgIpc) is 2.70. The van der Waals surface area contributed by atoms with Gasteiger partial charge in [-0.25, -0.2) is 9.18 Å². The van der Waals surface area contributed by atoms with Crippen molar-refractivity contribution in [1.29, 1.82) is 0 Å². The lowest BCUT2D eigenvalue weighted by molar-refractivity contribution is -0.150. The van der Waals surface area contributed by atoms with Crippen LogP contribution < -0.4 is 10.6 Å². The predicted octanol–water partition coefficient (Wildman–Crippen LogP) is 2.96. The highest BCUT2D eigenvalue weighted by Gasteiger charge is 2.27. The van der Waals surface area contributed by atoms with Gasteiger partial charge in [-0.3, -0.25) is 14.4 Å². The van der Waals surface area contributed by atoms with Crippen LogP contribution in [0.25, 0.3) is 0 Å². The Kier molecular flexibility index (Phi) is 7.80. The summed E-state index contributed by atoms with van der Waals surface area (Å²) in [7, 11) is 0. The average molecular weight is 414 g/mol. The van der Waals surface area contributed by atoms with E-state index in [2.05, 4.69) is 10.6 Å². The van der Waals surface area contributed by atoms with Crippen molar-refractivity contribution in [3.05, 3.63) is 65.5 Å². The highest BCUT2D eigenvalue weighted by Crippen LogP contribution is 2.12. The van der Waals surface area contributed by atoms with E-state index in [-0.39, 0.29) is 17.3 Å². The van der Waals surface area contributed by atoms with Gasteiger partial charge in [0.15, 0.2) is 12.4 Å². The monoisotopic (exact) mass is 414 g/mol. The molecule has 0 aliphatic rings. The molecule has 8 heteroatoms. The van der Waals surface area contributed by atoms with Gasteiger partial charge >= 0.3 is 5.97 Å². The van der Waals surface area contributed by atoms with Crippen LogP contribution in [0.5, 0.6) is 0 Å². The molecule has 0 aliphatic carbocycles. The van der Waals surface area contributed by atoms with Gasteiger partial charge in [0.2, 0.25) is 0 Å². The van der Waals surface area contributed by atoms with E-state index in [1.807, 2.05) is 0 Å². The molecule has 0 aliphatic heterocycles. The summed E-state index contributed by atoms with van der Waals surface area (Å²) >= 11 is 0. The van der Waals surface area contributed by atoms with Crippen LogP contribution in [-0.4, -0.2) is 36.2 Å². The van der Waals surface area contributed by atoms with E-state index in [0.717, 1.165) is 6.07 Å². The maximum absolute atomic E-state index is 13.8. The minimum atomic E-state index is -1.06. The first-order valence-corrected chi connectivity index (χ1v) is 9.32. The number of Topliss-reactive ketones (excluding diaryl/α,β-unsaturated/α-hetero) is 1. The van der Waals surface area contributed by atoms with Gasteiger partial charge in [-0.05, 0) is 37.1 Å². The van der Waals surface area contributed by atoms with E-state index < -0.39 is 36.2 Å². The molecular weight excluding hydrogens is 391 g/mol. The summed E-state index contributed by atoms with van der Waals surface area (Å²) in [5, 5.41) is 4.97. The first kappa shape index (κ1) is 22.7. The van der Waals surface area contributed by atoms with Crippen molar-refractivity contribution >= 4 is 29.3 Å². The quantitative estimate of drug-likeness (QED) is 0.511. The molecule has 0 bridgehead atoms. The zero-order valence-corrected chi connectivity index (χ0v) is 16.9. The molecule has 2 rings (SSSR count). The number of anilines is 1. The molecular formula is C22H23FN2O5. The zero-order valence-electron chi connectivity index (χ0n) is 16.9. The minimum absolute atomic E-state index is 0.150. The number of hydrogen-bond donors (Lipinski definition) is 2. The zero-order chi connectivity index (χ0) is 22.3. The van der Waals surface area contributed by atoms with Gasteiger partial charge in [-0.2, -0.15) is 0 Å². The molecule has 0 aromatic heterocycles. The third-order valence-corrected chi connectivity index (χ3v) is 4.22. The van der Waals surface area contributed by atoms with E-state index in [1.165, 1.54) is 31.2 Å². The Morgan fingerprint density at radius 3 is 2.37 bits per heavy atom. The molecule has 0 saturated carbocycles. The molecule has 0 unspecified atom stereocenters. The molecule has 0 fully saturated rings. The normalized spacial score (nSPS) is 11.5. The van der Waals surface area contributed by atoms with Gasteiger partial charge in [0.1, 0.15) is 11.9 Å². The fourth-order valence-electron chi connectivity index (χ4n) is 2.60. The number of amides is 2. The van der Waals surface area contributed by atoms with E-state index in [0.29, 0.717) is 11.3 Å². The van der Waals surface area contributed by atoms with Gasteiger partial charge in [0, 0.05) is 11.3 Å². The van der Waals surface area contributed by atoms with Gasteiger partial charge in [0.05, 0.1) is 5.56 Å². The number of carbonyl (C=O) groups is 4. The molecule has 2 N–H and O–H groups in total.